The second kappa shape index (κ2) is 7.71. The van der Waals surface area contributed by atoms with Crippen LogP contribution >= 0.6 is 11.6 Å². The van der Waals surface area contributed by atoms with Gasteiger partial charge in [0.1, 0.15) is 5.82 Å². The lowest BCUT2D eigenvalue weighted by molar-refractivity contribution is -0.162. The molecular formula is C24H28ClN3O2. The lowest BCUT2D eigenvalue weighted by Crippen LogP contribution is -2.44. The van der Waals surface area contributed by atoms with Gasteiger partial charge in [-0.15, -0.1) is 0 Å². The Hall–Kier alpha value is -2.37. The summed E-state index contributed by atoms with van der Waals surface area (Å²) in [6, 6.07) is 11.7. The third-order valence-electron chi connectivity index (χ3n) is 5.48. The first-order valence-corrected chi connectivity index (χ1v) is 10.6. The summed E-state index contributed by atoms with van der Waals surface area (Å²) in [4.78, 5) is 9.47. The molecule has 3 heterocycles. The van der Waals surface area contributed by atoms with Gasteiger partial charge in [-0.3, -0.25) is 4.57 Å². The first kappa shape index (κ1) is 20.9. The summed E-state index contributed by atoms with van der Waals surface area (Å²) in [6.45, 7) is 8.62. The zero-order chi connectivity index (χ0) is 21.5. The van der Waals surface area contributed by atoms with Crippen LogP contribution in [0.1, 0.15) is 52.1 Å². The second-order valence-electron chi connectivity index (χ2n) is 9.12. The number of hydrogen-bond acceptors (Lipinski definition) is 4. The zero-order valence-corrected chi connectivity index (χ0v) is 18.9. The third-order valence-corrected chi connectivity index (χ3v) is 5.73. The quantitative estimate of drug-likeness (QED) is 0.510. The molecule has 1 saturated heterocycles. The number of benzene rings is 1. The van der Waals surface area contributed by atoms with Crippen molar-refractivity contribution < 1.29 is 9.47 Å². The number of rotatable bonds is 4. The highest BCUT2D eigenvalue weighted by Gasteiger charge is 2.41. The molecular weight excluding hydrogens is 398 g/mol. The van der Waals surface area contributed by atoms with E-state index in [9.17, 15) is 0 Å². The van der Waals surface area contributed by atoms with E-state index in [-0.39, 0.29) is 11.2 Å². The van der Waals surface area contributed by atoms with Crippen LogP contribution in [0.2, 0.25) is 5.02 Å². The second-order valence-corrected chi connectivity index (χ2v) is 9.56. The molecule has 5 nitrogen and oxygen atoms in total. The van der Waals surface area contributed by atoms with Crippen LogP contribution < -0.4 is 4.74 Å². The van der Waals surface area contributed by atoms with Gasteiger partial charge in [-0.05, 0) is 76.9 Å². The summed E-state index contributed by atoms with van der Waals surface area (Å²) in [6.07, 6.45) is 5.69. The molecule has 6 heteroatoms. The molecule has 2 aromatic heterocycles. The fourth-order valence-electron chi connectivity index (χ4n) is 4.61. The lowest BCUT2D eigenvalue weighted by atomic mass is 9.79. The Morgan fingerprint density at radius 3 is 2.37 bits per heavy atom. The molecule has 0 atom stereocenters. The Labute approximate surface area is 183 Å². The van der Waals surface area contributed by atoms with Crippen molar-refractivity contribution in [3.05, 3.63) is 59.5 Å². The SMILES string of the molecule is COc1ncccc1-c1nc(C2CC(C)(C)OC(C)(C)C2)cn1-c1ccc(Cl)cc1. The van der Waals surface area contributed by atoms with E-state index >= 15 is 0 Å². The molecule has 0 bridgehead atoms. The number of methoxy groups -OCH3 is 1. The van der Waals surface area contributed by atoms with E-state index in [1.807, 2.05) is 36.4 Å². The summed E-state index contributed by atoms with van der Waals surface area (Å²) in [7, 11) is 1.63. The fraction of sp³-hybridized carbons (Fsp3) is 0.417. The molecule has 0 amide bonds. The first-order valence-electron chi connectivity index (χ1n) is 10.2. The van der Waals surface area contributed by atoms with Gasteiger partial charge in [0.15, 0.2) is 0 Å². The molecule has 30 heavy (non-hydrogen) atoms. The molecule has 1 aliphatic rings. The van der Waals surface area contributed by atoms with Gasteiger partial charge in [0.05, 0.1) is 29.6 Å². The summed E-state index contributed by atoms with van der Waals surface area (Å²) >= 11 is 6.12. The molecule has 1 aromatic carbocycles. The standard InChI is InChI=1S/C24H28ClN3O2/c1-23(2)13-16(14-24(3,4)30-23)20-15-28(18-10-8-17(25)9-11-18)21(27-20)19-7-6-12-26-22(19)29-5/h6-12,15-16H,13-14H2,1-5H3. The van der Waals surface area contributed by atoms with E-state index in [0.29, 0.717) is 16.8 Å². The number of pyridine rings is 1. The van der Waals surface area contributed by atoms with Gasteiger partial charge < -0.3 is 9.47 Å². The summed E-state index contributed by atoms with van der Waals surface area (Å²) in [5.41, 5.74) is 2.48. The van der Waals surface area contributed by atoms with Crippen LogP contribution in [0.15, 0.2) is 48.8 Å². The van der Waals surface area contributed by atoms with E-state index in [2.05, 4.69) is 43.4 Å². The minimum Gasteiger partial charge on any atom is -0.480 e. The minimum absolute atomic E-state index is 0.206. The van der Waals surface area contributed by atoms with Crippen LogP contribution in [-0.4, -0.2) is 32.8 Å². The smallest absolute Gasteiger partial charge is 0.224 e. The van der Waals surface area contributed by atoms with Crippen LogP contribution in [0.4, 0.5) is 0 Å². The average molecular weight is 426 g/mol. The van der Waals surface area contributed by atoms with Gasteiger partial charge in [0, 0.05) is 29.0 Å². The normalized spacial score (nSPS) is 18.3. The van der Waals surface area contributed by atoms with Gasteiger partial charge in [0.2, 0.25) is 5.88 Å². The van der Waals surface area contributed by atoms with E-state index < -0.39 is 0 Å². The monoisotopic (exact) mass is 425 g/mol. The van der Waals surface area contributed by atoms with Gasteiger partial charge >= 0.3 is 0 Å². The van der Waals surface area contributed by atoms with Crippen molar-refractivity contribution in [3.63, 3.8) is 0 Å². The molecule has 1 fully saturated rings. The van der Waals surface area contributed by atoms with Crippen molar-refractivity contribution in [2.75, 3.05) is 7.11 Å². The number of aromatic nitrogens is 3. The lowest BCUT2D eigenvalue weighted by Gasteiger charge is -2.45. The Balaban J connectivity index is 1.85. The van der Waals surface area contributed by atoms with Crippen LogP contribution in [0.5, 0.6) is 5.88 Å². The highest BCUT2D eigenvalue weighted by atomic mass is 35.5. The maximum atomic E-state index is 6.29. The first-order chi connectivity index (χ1) is 14.2. The highest BCUT2D eigenvalue weighted by molar-refractivity contribution is 6.30. The molecule has 0 spiro atoms. The summed E-state index contributed by atoms with van der Waals surface area (Å²) in [5, 5.41) is 0.701. The number of halogens is 1. The molecule has 0 aliphatic carbocycles. The zero-order valence-electron chi connectivity index (χ0n) is 18.1. The number of nitrogens with zero attached hydrogens (tertiary/aromatic N) is 3. The van der Waals surface area contributed by atoms with E-state index in [4.69, 9.17) is 26.1 Å². The summed E-state index contributed by atoms with van der Waals surface area (Å²) < 4.78 is 13.9. The van der Waals surface area contributed by atoms with Crippen LogP contribution in [0.3, 0.4) is 0 Å². The van der Waals surface area contributed by atoms with Crippen molar-refractivity contribution in [1.29, 1.82) is 0 Å². The predicted molar refractivity (Wildman–Crippen MR) is 120 cm³/mol. The van der Waals surface area contributed by atoms with Crippen molar-refractivity contribution in [1.82, 2.24) is 14.5 Å². The number of ether oxygens (including phenoxy) is 2. The van der Waals surface area contributed by atoms with Crippen LogP contribution in [-0.2, 0) is 4.74 Å². The minimum atomic E-state index is -0.206. The molecule has 3 aromatic rings. The average Bonchev–Trinajstić information content (AvgIpc) is 3.11. The van der Waals surface area contributed by atoms with Crippen LogP contribution in [0.25, 0.3) is 17.1 Å². The Morgan fingerprint density at radius 2 is 1.73 bits per heavy atom. The van der Waals surface area contributed by atoms with E-state index in [1.54, 1.807) is 13.3 Å². The van der Waals surface area contributed by atoms with Gasteiger partial charge in [-0.1, -0.05) is 11.6 Å². The van der Waals surface area contributed by atoms with E-state index in [1.165, 1.54) is 0 Å². The van der Waals surface area contributed by atoms with Crippen molar-refractivity contribution in [3.8, 4) is 23.0 Å². The molecule has 0 radical (unpaired) electrons. The molecule has 0 unspecified atom stereocenters. The maximum absolute atomic E-state index is 6.29. The van der Waals surface area contributed by atoms with Crippen LogP contribution in [0, 0.1) is 0 Å². The van der Waals surface area contributed by atoms with Crippen molar-refractivity contribution in [2.24, 2.45) is 0 Å². The topological polar surface area (TPSA) is 49.2 Å². The van der Waals surface area contributed by atoms with Crippen molar-refractivity contribution in [2.45, 2.75) is 57.7 Å². The van der Waals surface area contributed by atoms with Gasteiger partial charge in [0.25, 0.3) is 0 Å². The molecule has 158 valence electrons. The molecule has 1 aliphatic heterocycles. The summed E-state index contributed by atoms with van der Waals surface area (Å²) in [5.74, 6) is 1.65. The maximum Gasteiger partial charge on any atom is 0.224 e. The number of hydrogen-bond donors (Lipinski definition) is 0. The largest absolute Gasteiger partial charge is 0.480 e. The van der Waals surface area contributed by atoms with E-state index in [0.717, 1.165) is 35.6 Å². The Kier molecular flexibility index (Phi) is 5.37. The van der Waals surface area contributed by atoms with Gasteiger partial charge in [-0.2, -0.15) is 0 Å². The fourth-order valence-corrected chi connectivity index (χ4v) is 4.73. The third kappa shape index (κ3) is 4.23. The Morgan fingerprint density at radius 1 is 1.07 bits per heavy atom. The molecule has 0 saturated carbocycles. The number of imidazole rings is 1. The Bertz CT molecular complexity index is 1020. The highest BCUT2D eigenvalue weighted by Crippen LogP contribution is 2.44. The van der Waals surface area contributed by atoms with Crippen molar-refractivity contribution >= 4 is 11.6 Å². The predicted octanol–water partition coefficient (Wildman–Crippen LogP) is 6.05. The molecule has 4 rings (SSSR count). The van der Waals surface area contributed by atoms with Gasteiger partial charge in [-0.25, -0.2) is 9.97 Å². The molecule has 0 N–H and O–H groups in total.